The molecular weight excluding hydrogens is 268 g/mol. The van der Waals surface area contributed by atoms with Crippen molar-refractivity contribution < 1.29 is 9.72 Å². The standard InChI is InChI=1S/C16H16N2O3/c1-10-4-7-14(15(8-10)18(20)21)17-16(19)13-6-5-11(2)12(3)9-13/h4-9H,1-3H3,(H,17,19). The highest BCUT2D eigenvalue weighted by Crippen LogP contribution is 2.26. The van der Waals surface area contributed by atoms with Crippen LogP contribution in [0.25, 0.3) is 0 Å². The SMILES string of the molecule is Cc1ccc(NC(=O)c2ccc(C)c(C)c2)c([N+](=O)[O-])c1. The maximum Gasteiger partial charge on any atom is 0.293 e. The van der Waals surface area contributed by atoms with Crippen molar-refractivity contribution in [3.63, 3.8) is 0 Å². The van der Waals surface area contributed by atoms with Crippen LogP contribution in [-0.4, -0.2) is 10.8 Å². The van der Waals surface area contributed by atoms with Crippen LogP contribution in [0.3, 0.4) is 0 Å². The molecule has 1 N–H and O–H groups in total. The Morgan fingerprint density at radius 1 is 1.05 bits per heavy atom. The van der Waals surface area contributed by atoms with Gasteiger partial charge < -0.3 is 5.32 Å². The minimum atomic E-state index is -0.497. The molecule has 0 saturated carbocycles. The van der Waals surface area contributed by atoms with Gasteiger partial charge in [-0.15, -0.1) is 0 Å². The zero-order valence-electron chi connectivity index (χ0n) is 12.1. The summed E-state index contributed by atoms with van der Waals surface area (Å²) in [5.74, 6) is -0.356. The van der Waals surface area contributed by atoms with Crippen LogP contribution >= 0.6 is 0 Å². The molecule has 2 aromatic carbocycles. The second-order valence-electron chi connectivity index (χ2n) is 5.03. The van der Waals surface area contributed by atoms with Crippen LogP contribution in [0.5, 0.6) is 0 Å². The topological polar surface area (TPSA) is 72.2 Å². The van der Waals surface area contributed by atoms with Gasteiger partial charge in [0.2, 0.25) is 0 Å². The number of hydrogen-bond donors (Lipinski definition) is 1. The third-order valence-corrected chi connectivity index (χ3v) is 3.37. The second-order valence-corrected chi connectivity index (χ2v) is 5.03. The number of rotatable bonds is 3. The van der Waals surface area contributed by atoms with Crippen molar-refractivity contribution in [3.8, 4) is 0 Å². The first kappa shape index (κ1) is 14.7. The first-order valence-corrected chi connectivity index (χ1v) is 6.52. The van der Waals surface area contributed by atoms with Crippen LogP contribution < -0.4 is 5.32 Å². The highest BCUT2D eigenvalue weighted by atomic mass is 16.6. The van der Waals surface area contributed by atoms with E-state index in [0.717, 1.165) is 16.7 Å². The molecule has 2 aromatic rings. The smallest absolute Gasteiger partial charge is 0.293 e. The van der Waals surface area contributed by atoms with E-state index in [9.17, 15) is 14.9 Å². The van der Waals surface area contributed by atoms with Crippen molar-refractivity contribution in [2.45, 2.75) is 20.8 Å². The van der Waals surface area contributed by atoms with Crippen LogP contribution in [-0.2, 0) is 0 Å². The molecule has 0 unspecified atom stereocenters. The molecule has 0 fully saturated rings. The predicted octanol–water partition coefficient (Wildman–Crippen LogP) is 3.77. The number of nitrogens with one attached hydrogen (secondary N) is 1. The Morgan fingerprint density at radius 3 is 2.38 bits per heavy atom. The van der Waals surface area contributed by atoms with Crippen molar-refractivity contribution >= 4 is 17.3 Å². The van der Waals surface area contributed by atoms with Gasteiger partial charge in [-0.25, -0.2) is 0 Å². The molecule has 0 aliphatic carbocycles. The van der Waals surface area contributed by atoms with Crippen LogP contribution in [0.2, 0.25) is 0 Å². The number of carbonyl (C=O) groups excluding carboxylic acids is 1. The van der Waals surface area contributed by atoms with E-state index >= 15 is 0 Å². The molecule has 1 amide bonds. The zero-order valence-corrected chi connectivity index (χ0v) is 12.1. The van der Waals surface area contributed by atoms with Gasteiger partial charge in [0.05, 0.1) is 4.92 Å². The number of carbonyl (C=O) groups is 1. The van der Waals surface area contributed by atoms with Gasteiger partial charge in [-0.3, -0.25) is 14.9 Å². The van der Waals surface area contributed by atoms with Crippen molar-refractivity contribution in [1.29, 1.82) is 0 Å². The fourth-order valence-electron chi connectivity index (χ4n) is 1.98. The van der Waals surface area contributed by atoms with E-state index in [0.29, 0.717) is 5.56 Å². The highest BCUT2D eigenvalue weighted by molar-refractivity contribution is 6.05. The van der Waals surface area contributed by atoms with Crippen LogP contribution in [0.4, 0.5) is 11.4 Å². The fraction of sp³-hybridized carbons (Fsp3) is 0.188. The molecule has 21 heavy (non-hydrogen) atoms. The van der Waals surface area contributed by atoms with Gasteiger partial charge in [-0.2, -0.15) is 0 Å². The Bertz CT molecular complexity index is 723. The minimum Gasteiger partial charge on any atom is -0.316 e. The quantitative estimate of drug-likeness (QED) is 0.688. The third kappa shape index (κ3) is 3.25. The van der Waals surface area contributed by atoms with E-state index < -0.39 is 4.92 Å². The van der Waals surface area contributed by atoms with Gasteiger partial charge in [0.15, 0.2) is 0 Å². The first-order valence-electron chi connectivity index (χ1n) is 6.52. The van der Waals surface area contributed by atoms with Crippen molar-refractivity contribution in [2.75, 3.05) is 5.32 Å². The number of nitro groups is 1. The summed E-state index contributed by atoms with van der Waals surface area (Å²) in [4.78, 5) is 22.8. The molecule has 5 nitrogen and oxygen atoms in total. The van der Waals surface area contributed by atoms with Gasteiger partial charge in [0.1, 0.15) is 5.69 Å². The van der Waals surface area contributed by atoms with Gasteiger partial charge in [-0.1, -0.05) is 12.1 Å². The van der Waals surface area contributed by atoms with Crippen LogP contribution in [0.15, 0.2) is 36.4 Å². The normalized spacial score (nSPS) is 10.2. The van der Waals surface area contributed by atoms with Crippen molar-refractivity contribution in [1.82, 2.24) is 0 Å². The lowest BCUT2D eigenvalue weighted by Crippen LogP contribution is -2.13. The summed E-state index contributed by atoms with van der Waals surface area (Å²) in [6.45, 7) is 5.64. The summed E-state index contributed by atoms with van der Waals surface area (Å²) in [7, 11) is 0. The van der Waals surface area contributed by atoms with Crippen LogP contribution in [0.1, 0.15) is 27.0 Å². The fourth-order valence-corrected chi connectivity index (χ4v) is 1.98. The highest BCUT2D eigenvalue weighted by Gasteiger charge is 2.16. The molecule has 5 heteroatoms. The lowest BCUT2D eigenvalue weighted by molar-refractivity contribution is -0.384. The molecule has 0 aliphatic rings. The molecule has 0 saturated heterocycles. The number of nitro benzene ring substituents is 1. The van der Waals surface area contributed by atoms with Gasteiger partial charge in [0.25, 0.3) is 11.6 Å². The van der Waals surface area contributed by atoms with E-state index in [-0.39, 0.29) is 17.3 Å². The molecule has 2 rings (SSSR count). The summed E-state index contributed by atoms with van der Waals surface area (Å²) in [5, 5.41) is 13.6. The Kier molecular flexibility index (Phi) is 4.03. The van der Waals surface area contributed by atoms with E-state index in [1.165, 1.54) is 6.07 Å². The monoisotopic (exact) mass is 284 g/mol. The lowest BCUT2D eigenvalue weighted by atomic mass is 10.1. The maximum absolute atomic E-state index is 12.2. The summed E-state index contributed by atoms with van der Waals surface area (Å²) in [5.41, 5.74) is 3.44. The third-order valence-electron chi connectivity index (χ3n) is 3.37. The number of amides is 1. The summed E-state index contributed by atoms with van der Waals surface area (Å²) in [6, 6.07) is 10.0. The summed E-state index contributed by atoms with van der Waals surface area (Å²) in [6.07, 6.45) is 0. The van der Waals surface area contributed by atoms with E-state index in [1.54, 1.807) is 31.2 Å². The maximum atomic E-state index is 12.2. The second kappa shape index (κ2) is 5.75. The average molecular weight is 284 g/mol. The van der Waals surface area contributed by atoms with E-state index in [4.69, 9.17) is 0 Å². The number of aryl methyl sites for hydroxylation is 3. The first-order chi connectivity index (χ1) is 9.88. The molecule has 108 valence electrons. The van der Waals surface area contributed by atoms with Gasteiger partial charge in [-0.05, 0) is 55.7 Å². The zero-order chi connectivity index (χ0) is 15.6. The Balaban J connectivity index is 2.31. The van der Waals surface area contributed by atoms with Crippen molar-refractivity contribution in [3.05, 3.63) is 68.8 Å². The Labute approximate surface area is 122 Å². The predicted molar refractivity (Wildman–Crippen MR) is 81.7 cm³/mol. The minimum absolute atomic E-state index is 0.104. The summed E-state index contributed by atoms with van der Waals surface area (Å²) >= 11 is 0. The van der Waals surface area contributed by atoms with E-state index in [2.05, 4.69) is 5.32 Å². The Hall–Kier alpha value is -2.69. The molecular formula is C16H16N2O3. The Morgan fingerprint density at radius 2 is 1.76 bits per heavy atom. The average Bonchev–Trinajstić information content (AvgIpc) is 2.43. The molecule has 0 spiro atoms. The molecule has 0 aliphatic heterocycles. The van der Waals surface area contributed by atoms with Crippen molar-refractivity contribution in [2.24, 2.45) is 0 Å². The number of benzene rings is 2. The molecule has 0 aromatic heterocycles. The molecule has 0 radical (unpaired) electrons. The number of nitrogens with zero attached hydrogens (tertiary/aromatic N) is 1. The number of hydrogen-bond acceptors (Lipinski definition) is 3. The largest absolute Gasteiger partial charge is 0.316 e. The van der Waals surface area contributed by atoms with E-state index in [1.807, 2.05) is 19.9 Å². The number of anilines is 1. The summed E-state index contributed by atoms with van der Waals surface area (Å²) < 4.78 is 0. The van der Waals surface area contributed by atoms with Gasteiger partial charge in [0, 0.05) is 11.6 Å². The molecule has 0 atom stereocenters. The lowest BCUT2D eigenvalue weighted by Gasteiger charge is -2.08. The van der Waals surface area contributed by atoms with Crippen LogP contribution in [0, 0.1) is 30.9 Å². The van der Waals surface area contributed by atoms with Gasteiger partial charge >= 0.3 is 0 Å². The molecule has 0 bridgehead atoms. The molecule has 0 heterocycles.